The Morgan fingerprint density at radius 1 is 1.09 bits per heavy atom. The van der Waals surface area contributed by atoms with Crippen molar-refractivity contribution in [2.24, 2.45) is 23.7 Å². The van der Waals surface area contributed by atoms with Gasteiger partial charge in [0.25, 0.3) is 0 Å². The topological polar surface area (TPSA) is 38.8 Å². The smallest absolute Gasteiger partial charge is 0.135 e. The molecule has 178 valence electrons. The van der Waals surface area contributed by atoms with Crippen molar-refractivity contribution in [1.82, 2.24) is 0 Å². The monoisotopic (exact) mass is 456 g/mol. The first kappa shape index (κ1) is 21.2. The molecule has 2 aromatic rings. The summed E-state index contributed by atoms with van der Waals surface area (Å²) >= 11 is 0. The van der Waals surface area contributed by atoms with Crippen LogP contribution >= 0.6 is 0 Å². The molecular weight excluding hydrogens is 420 g/mol. The van der Waals surface area contributed by atoms with Gasteiger partial charge in [-0.3, -0.25) is 4.79 Å². The minimum Gasteiger partial charge on any atom is -0.489 e. The Labute approximate surface area is 203 Å². The maximum Gasteiger partial charge on any atom is 0.135 e. The Balaban J connectivity index is 1.18. The van der Waals surface area contributed by atoms with Crippen molar-refractivity contribution in [3.05, 3.63) is 65.2 Å². The number of epoxide rings is 1. The number of fused-ring (bicyclic) bond motifs is 4. The number of hydrogen-bond donors (Lipinski definition) is 0. The molecular formula is C31H36O3. The summed E-state index contributed by atoms with van der Waals surface area (Å²) in [5.41, 5.74) is 4.24. The summed E-state index contributed by atoms with van der Waals surface area (Å²) in [4.78, 5) is 12.4. The lowest BCUT2D eigenvalue weighted by molar-refractivity contribution is -0.123. The van der Waals surface area contributed by atoms with Crippen LogP contribution in [0.5, 0.6) is 5.75 Å². The predicted molar refractivity (Wildman–Crippen MR) is 132 cm³/mol. The van der Waals surface area contributed by atoms with Crippen LogP contribution in [-0.2, 0) is 22.6 Å². The van der Waals surface area contributed by atoms with Crippen LogP contribution in [0.4, 0.5) is 0 Å². The molecule has 1 saturated heterocycles. The molecule has 0 N–H and O–H groups in total. The van der Waals surface area contributed by atoms with Gasteiger partial charge in [-0.1, -0.05) is 56.2 Å². The van der Waals surface area contributed by atoms with E-state index in [9.17, 15) is 4.79 Å². The Kier molecular flexibility index (Phi) is 4.79. The lowest BCUT2D eigenvalue weighted by atomic mass is 9.55. The van der Waals surface area contributed by atoms with Gasteiger partial charge in [0.2, 0.25) is 0 Å². The standard InChI is InChI=1S/C31H36O3/c1-2-6-21-15-22-16-25(33-19-20-7-4-3-5-8-20)11-12-26(22)27-13-14-30-28(29(21)27)17-23-9-10-24(32)18-31(23,30)34-30/h3-5,7-8,11-12,16,21,23,27-29H,2,6,9-10,13-15,17-19H2,1H3. The van der Waals surface area contributed by atoms with E-state index in [2.05, 4.69) is 49.4 Å². The molecule has 0 radical (unpaired) electrons. The van der Waals surface area contributed by atoms with E-state index >= 15 is 0 Å². The van der Waals surface area contributed by atoms with E-state index in [0.717, 1.165) is 31.4 Å². The third kappa shape index (κ3) is 2.95. The van der Waals surface area contributed by atoms with Crippen molar-refractivity contribution in [2.75, 3.05) is 0 Å². The van der Waals surface area contributed by atoms with Gasteiger partial charge in [0.05, 0.1) is 0 Å². The quantitative estimate of drug-likeness (QED) is 0.474. The highest BCUT2D eigenvalue weighted by atomic mass is 16.6. The van der Waals surface area contributed by atoms with Crippen LogP contribution in [0, 0.1) is 23.7 Å². The number of Topliss-reactive ketones (excluding diaryl/α,β-unsaturated/α-hetero) is 1. The number of ether oxygens (including phenoxy) is 2. The second-order valence-corrected chi connectivity index (χ2v) is 11.8. The first-order valence-electron chi connectivity index (χ1n) is 13.6. The molecule has 1 heterocycles. The fraction of sp³-hybridized carbons (Fsp3) is 0.581. The van der Waals surface area contributed by atoms with Crippen LogP contribution in [0.1, 0.15) is 80.9 Å². The van der Waals surface area contributed by atoms with Gasteiger partial charge in [0.1, 0.15) is 29.3 Å². The summed E-state index contributed by atoms with van der Waals surface area (Å²) < 4.78 is 12.9. The predicted octanol–water partition coefficient (Wildman–Crippen LogP) is 6.63. The number of rotatable bonds is 5. The molecule has 5 aliphatic rings. The first-order valence-corrected chi connectivity index (χ1v) is 13.6. The molecule has 4 aliphatic carbocycles. The third-order valence-corrected chi connectivity index (χ3v) is 10.3. The van der Waals surface area contributed by atoms with Crippen LogP contribution in [0.2, 0.25) is 0 Å². The summed E-state index contributed by atoms with van der Waals surface area (Å²) in [5.74, 6) is 4.75. The zero-order valence-electron chi connectivity index (χ0n) is 20.3. The van der Waals surface area contributed by atoms with Gasteiger partial charge in [-0.05, 0) is 90.5 Å². The van der Waals surface area contributed by atoms with Gasteiger partial charge in [0, 0.05) is 12.8 Å². The summed E-state index contributed by atoms with van der Waals surface area (Å²) in [6.45, 7) is 2.96. The Morgan fingerprint density at radius 2 is 1.97 bits per heavy atom. The molecule has 4 fully saturated rings. The number of hydrogen-bond acceptors (Lipinski definition) is 3. The Morgan fingerprint density at radius 3 is 2.82 bits per heavy atom. The van der Waals surface area contributed by atoms with E-state index in [1.807, 2.05) is 6.07 Å². The molecule has 0 amide bonds. The fourth-order valence-electron chi connectivity index (χ4n) is 9.02. The number of ketones is 1. The number of carbonyl (C=O) groups excluding carboxylic acids is 1. The van der Waals surface area contributed by atoms with Gasteiger partial charge in [-0.2, -0.15) is 0 Å². The van der Waals surface area contributed by atoms with Crippen LogP contribution in [0.3, 0.4) is 0 Å². The molecule has 0 aromatic heterocycles. The van der Waals surface area contributed by atoms with E-state index in [1.165, 1.54) is 36.8 Å². The van der Waals surface area contributed by atoms with Gasteiger partial charge in [-0.15, -0.1) is 0 Å². The first-order chi connectivity index (χ1) is 16.6. The van der Waals surface area contributed by atoms with Crippen LogP contribution < -0.4 is 4.74 Å². The van der Waals surface area contributed by atoms with Crippen LogP contribution in [-0.4, -0.2) is 17.0 Å². The molecule has 7 unspecified atom stereocenters. The molecule has 7 atom stereocenters. The lowest BCUT2D eigenvalue weighted by Crippen LogP contribution is -2.46. The van der Waals surface area contributed by atoms with E-state index in [1.54, 1.807) is 5.56 Å². The zero-order valence-corrected chi connectivity index (χ0v) is 20.3. The molecule has 3 nitrogen and oxygen atoms in total. The van der Waals surface area contributed by atoms with Crippen molar-refractivity contribution in [3.8, 4) is 5.75 Å². The SMILES string of the molecule is CCCC1Cc2cc(OCc3ccccc3)ccc2C2CCC34OC35CC(=O)CCC5CC4C12. The Bertz CT molecular complexity index is 1110. The van der Waals surface area contributed by atoms with E-state index in [0.29, 0.717) is 48.4 Å². The molecule has 3 saturated carbocycles. The van der Waals surface area contributed by atoms with E-state index in [-0.39, 0.29) is 11.2 Å². The second kappa shape index (κ2) is 7.68. The van der Waals surface area contributed by atoms with Crippen molar-refractivity contribution < 1.29 is 14.3 Å². The minimum atomic E-state index is -0.0792. The van der Waals surface area contributed by atoms with Gasteiger partial charge in [-0.25, -0.2) is 0 Å². The van der Waals surface area contributed by atoms with Crippen molar-refractivity contribution in [2.45, 2.75) is 88.4 Å². The minimum absolute atomic E-state index is 0.0249. The van der Waals surface area contributed by atoms with Crippen molar-refractivity contribution in [1.29, 1.82) is 0 Å². The fourth-order valence-corrected chi connectivity index (χ4v) is 9.02. The van der Waals surface area contributed by atoms with Crippen molar-refractivity contribution in [3.63, 3.8) is 0 Å². The van der Waals surface area contributed by atoms with Crippen LogP contribution in [0.25, 0.3) is 0 Å². The summed E-state index contributed by atoms with van der Waals surface area (Å²) in [5, 5.41) is 0. The maximum absolute atomic E-state index is 12.4. The van der Waals surface area contributed by atoms with E-state index in [4.69, 9.17) is 9.47 Å². The highest BCUT2D eigenvalue weighted by molar-refractivity contribution is 5.82. The number of benzene rings is 2. The molecule has 1 aliphatic heterocycles. The average Bonchev–Trinajstić information content (AvgIpc) is 3.38. The number of carbonyl (C=O) groups is 1. The molecule has 34 heavy (non-hydrogen) atoms. The average molecular weight is 457 g/mol. The summed E-state index contributed by atoms with van der Waals surface area (Å²) in [7, 11) is 0. The second-order valence-electron chi connectivity index (χ2n) is 11.8. The third-order valence-electron chi connectivity index (χ3n) is 10.3. The maximum atomic E-state index is 12.4. The Hall–Kier alpha value is -2.13. The molecule has 0 bridgehead atoms. The largest absolute Gasteiger partial charge is 0.489 e. The molecule has 3 heteroatoms. The molecule has 2 aromatic carbocycles. The normalized spacial score (nSPS) is 39.3. The summed E-state index contributed by atoms with van der Waals surface area (Å²) in [6, 6.07) is 17.3. The van der Waals surface area contributed by atoms with Crippen molar-refractivity contribution >= 4 is 5.78 Å². The van der Waals surface area contributed by atoms with Crippen LogP contribution in [0.15, 0.2) is 48.5 Å². The van der Waals surface area contributed by atoms with Gasteiger partial charge < -0.3 is 9.47 Å². The van der Waals surface area contributed by atoms with E-state index < -0.39 is 0 Å². The summed E-state index contributed by atoms with van der Waals surface area (Å²) in [6.07, 6.45) is 9.88. The highest BCUT2D eigenvalue weighted by Gasteiger charge is 2.82. The van der Waals surface area contributed by atoms with Gasteiger partial charge in [0.15, 0.2) is 0 Å². The molecule has 2 spiro atoms. The van der Waals surface area contributed by atoms with Gasteiger partial charge >= 0.3 is 0 Å². The highest BCUT2D eigenvalue weighted by Crippen LogP contribution is 2.76. The zero-order chi connectivity index (χ0) is 22.9. The molecule has 7 rings (SSSR count). The lowest BCUT2D eigenvalue weighted by Gasteiger charge is -2.49.